The molecule has 0 spiro atoms. The van der Waals surface area contributed by atoms with E-state index >= 15 is 0 Å². The molecule has 0 unspecified atom stereocenters. The summed E-state index contributed by atoms with van der Waals surface area (Å²) in [5.74, 6) is 0. The molecule has 0 N–H and O–H groups in total. The van der Waals surface area contributed by atoms with Crippen molar-refractivity contribution in [1.82, 2.24) is 4.90 Å². The van der Waals surface area contributed by atoms with E-state index in [-0.39, 0.29) is 6.67 Å². The van der Waals surface area contributed by atoms with E-state index in [0.29, 0.717) is 18.8 Å². The minimum Gasteiger partial charge on any atom is -0.375 e. The fourth-order valence-corrected chi connectivity index (χ4v) is 1.77. The molecule has 1 aliphatic rings. The van der Waals surface area contributed by atoms with E-state index in [1.807, 2.05) is 13.8 Å². The summed E-state index contributed by atoms with van der Waals surface area (Å²) >= 11 is 0. The van der Waals surface area contributed by atoms with Crippen LogP contribution in [0.2, 0.25) is 0 Å². The normalized spacial score (nSPS) is 18.8. The third kappa shape index (κ3) is 6.85. The van der Waals surface area contributed by atoms with E-state index in [1.165, 1.54) is 0 Å². The molecule has 3 heteroatoms. The summed E-state index contributed by atoms with van der Waals surface area (Å²) in [6, 6.07) is 0. The van der Waals surface area contributed by atoms with Gasteiger partial charge >= 0.3 is 0 Å². The highest BCUT2D eigenvalue weighted by Gasteiger charge is 2.19. The Balaban J connectivity index is 0.000000921. The first-order valence-corrected chi connectivity index (χ1v) is 6.16. The van der Waals surface area contributed by atoms with Crippen LogP contribution in [-0.4, -0.2) is 43.4 Å². The molecule has 0 aromatic carbocycles. The lowest BCUT2D eigenvalue weighted by atomic mass is 10.1. The summed E-state index contributed by atoms with van der Waals surface area (Å²) < 4.78 is 17.7. The molecule has 1 fully saturated rings. The van der Waals surface area contributed by atoms with Gasteiger partial charge in [0.25, 0.3) is 0 Å². The summed E-state index contributed by atoms with van der Waals surface area (Å²) in [6.07, 6.45) is 2.82. The number of halogens is 1. The molecular weight excluding hydrogens is 193 g/mol. The van der Waals surface area contributed by atoms with E-state index in [0.717, 1.165) is 25.9 Å². The van der Waals surface area contributed by atoms with Crippen LogP contribution < -0.4 is 0 Å². The smallest absolute Gasteiger partial charge is 0.102 e. The number of likely N-dealkylation sites (tertiary alicyclic amines) is 1. The van der Waals surface area contributed by atoms with E-state index in [9.17, 15) is 4.39 Å². The van der Waals surface area contributed by atoms with Crippen molar-refractivity contribution in [2.75, 3.05) is 26.3 Å². The van der Waals surface area contributed by atoms with Gasteiger partial charge in [-0.15, -0.1) is 0 Å². The Morgan fingerprint density at radius 3 is 2.20 bits per heavy atom. The number of nitrogens with zero attached hydrogens (tertiary/aromatic N) is 1. The quantitative estimate of drug-likeness (QED) is 0.721. The number of rotatable bonds is 4. The van der Waals surface area contributed by atoms with Crippen molar-refractivity contribution in [3.05, 3.63) is 0 Å². The van der Waals surface area contributed by atoms with Crippen LogP contribution in [0.25, 0.3) is 0 Å². The van der Waals surface area contributed by atoms with Gasteiger partial charge in [0.15, 0.2) is 0 Å². The number of ether oxygens (including phenoxy) is 1. The molecular formula is C12H26FNO. The molecule has 0 aromatic heterocycles. The highest BCUT2D eigenvalue weighted by Crippen LogP contribution is 2.14. The number of alkyl halides is 1. The van der Waals surface area contributed by atoms with Crippen molar-refractivity contribution in [3.63, 3.8) is 0 Å². The highest BCUT2D eigenvalue weighted by molar-refractivity contribution is 4.72. The minimum absolute atomic E-state index is 0.226. The summed E-state index contributed by atoms with van der Waals surface area (Å²) in [7, 11) is 0. The van der Waals surface area contributed by atoms with Crippen LogP contribution in [0.5, 0.6) is 0 Å². The van der Waals surface area contributed by atoms with E-state index in [4.69, 9.17) is 4.74 Å². The van der Waals surface area contributed by atoms with Gasteiger partial charge in [0.1, 0.15) is 6.67 Å². The number of piperidine rings is 1. The van der Waals surface area contributed by atoms with Crippen molar-refractivity contribution >= 4 is 0 Å². The summed E-state index contributed by atoms with van der Waals surface area (Å²) in [4.78, 5) is 2.17. The second kappa shape index (κ2) is 9.10. The lowest BCUT2D eigenvalue weighted by Gasteiger charge is -2.32. The predicted octanol–water partition coefficient (Wildman–Crippen LogP) is 2.87. The molecule has 92 valence electrons. The average Bonchev–Trinajstić information content (AvgIpc) is 2.24. The van der Waals surface area contributed by atoms with Gasteiger partial charge in [-0.05, 0) is 26.7 Å². The van der Waals surface area contributed by atoms with Crippen LogP contribution in [0.1, 0.15) is 40.5 Å². The Labute approximate surface area is 93.8 Å². The summed E-state index contributed by atoms with van der Waals surface area (Å²) in [5.41, 5.74) is 0. The van der Waals surface area contributed by atoms with Gasteiger partial charge in [0.05, 0.1) is 12.2 Å². The summed E-state index contributed by atoms with van der Waals surface area (Å²) in [6.45, 7) is 10.5. The molecule has 1 heterocycles. The number of hydrogen-bond donors (Lipinski definition) is 0. The van der Waals surface area contributed by atoms with Gasteiger partial charge in [-0.1, -0.05) is 13.8 Å². The molecule has 0 bridgehead atoms. The Hall–Kier alpha value is -0.150. The maximum absolute atomic E-state index is 12.0. The van der Waals surface area contributed by atoms with Crippen LogP contribution in [-0.2, 0) is 4.74 Å². The van der Waals surface area contributed by atoms with Gasteiger partial charge in [-0.3, -0.25) is 0 Å². The Kier molecular flexibility index (Phi) is 9.01. The maximum Gasteiger partial charge on any atom is 0.102 e. The SMILES string of the molecule is CC.CC(C)OC1CCN(CCF)CC1. The molecule has 0 aliphatic carbocycles. The molecule has 1 saturated heterocycles. The molecule has 1 rings (SSSR count). The van der Waals surface area contributed by atoms with Crippen LogP contribution in [0.3, 0.4) is 0 Å². The summed E-state index contributed by atoms with van der Waals surface area (Å²) in [5, 5.41) is 0. The average molecular weight is 219 g/mol. The van der Waals surface area contributed by atoms with E-state index in [1.54, 1.807) is 0 Å². The first kappa shape index (κ1) is 14.8. The Morgan fingerprint density at radius 2 is 1.80 bits per heavy atom. The third-order valence-electron chi connectivity index (χ3n) is 2.40. The maximum atomic E-state index is 12.0. The van der Waals surface area contributed by atoms with Crippen LogP contribution >= 0.6 is 0 Å². The van der Waals surface area contributed by atoms with E-state index in [2.05, 4.69) is 18.7 Å². The molecule has 0 aromatic rings. The zero-order valence-electron chi connectivity index (χ0n) is 10.6. The molecule has 0 amide bonds. The minimum atomic E-state index is -0.226. The number of hydrogen-bond acceptors (Lipinski definition) is 2. The van der Waals surface area contributed by atoms with Gasteiger partial charge < -0.3 is 9.64 Å². The fourth-order valence-electron chi connectivity index (χ4n) is 1.77. The van der Waals surface area contributed by atoms with Gasteiger partial charge in [0.2, 0.25) is 0 Å². The largest absolute Gasteiger partial charge is 0.375 e. The van der Waals surface area contributed by atoms with Crippen molar-refractivity contribution in [1.29, 1.82) is 0 Å². The lowest BCUT2D eigenvalue weighted by Crippen LogP contribution is -2.38. The molecule has 0 saturated carbocycles. The monoisotopic (exact) mass is 219 g/mol. The fraction of sp³-hybridized carbons (Fsp3) is 1.00. The third-order valence-corrected chi connectivity index (χ3v) is 2.40. The van der Waals surface area contributed by atoms with Gasteiger partial charge in [-0.2, -0.15) is 0 Å². The van der Waals surface area contributed by atoms with Gasteiger partial charge in [-0.25, -0.2) is 4.39 Å². The first-order chi connectivity index (χ1) is 7.22. The Morgan fingerprint density at radius 1 is 1.27 bits per heavy atom. The first-order valence-electron chi connectivity index (χ1n) is 6.16. The predicted molar refractivity (Wildman–Crippen MR) is 63.0 cm³/mol. The van der Waals surface area contributed by atoms with E-state index < -0.39 is 0 Å². The molecule has 0 radical (unpaired) electrons. The highest BCUT2D eigenvalue weighted by atomic mass is 19.1. The van der Waals surface area contributed by atoms with Crippen molar-refractivity contribution < 1.29 is 9.13 Å². The molecule has 0 atom stereocenters. The van der Waals surface area contributed by atoms with Crippen molar-refractivity contribution in [2.24, 2.45) is 0 Å². The zero-order chi connectivity index (χ0) is 11.7. The van der Waals surface area contributed by atoms with Crippen LogP contribution in [0.15, 0.2) is 0 Å². The van der Waals surface area contributed by atoms with Crippen LogP contribution in [0, 0.1) is 0 Å². The molecule has 1 aliphatic heterocycles. The van der Waals surface area contributed by atoms with Crippen molar-refractivity contribution in [2.45, 2.75) is 52.7 Å². The second-order valence-corrected chi connectivity index (χ2v) is 3.91. The molecule has 2 nitrogen and oxygen atoms in total. The zero-order valence-corrected chi connectivity index (χ0v) is 10.6. The molecule has 15 heavy (non-hydrogen) atoms. The topological polar surface area (TPSA) is 12.5 Å². The lowest BCUT2D eigenvalue weighted by molar-refractivity contribution is -0.0272. The Bertz CT molecular complexity index is 134. The van der Waals surface area contributed by atoms with Gasteiger partial charge in [0, 0.05) is 19.6 Å². The standard InChI is InChI=1S/C10H20FNO.C2H6/c1-9(2)13-10-3-6-12(7-4-10)8-5-11;1-2/h9-10H,3-8H2,1-2H3;1-2H3. The van der Waals surface area contributed by atoms with Crippen LogP contribution in [0.4, 0.5) is 4.39 Å². The van der Waals surface area contributed by atoms with Crippen molar-refractivity contribution in [3.8, 4) is 0 Å². The second-order valence-electron chi connectivity index (χ2n) is 3.91.